The average molecular weight is 979 g/mol. The molecule has 0 unspecified atom stereocenters. The molecule has 76 heavy (non-hydrogen) atoms. The first kappa shape index (κ1) is 44.1. The molecule has 0 aliphatic carbocycles. The van der Waals surface area contributed by atoms with Crippen molar-refractivity contribution in [3.8, 4) is 102 Å². The van der Waals surface area contributed by atoms with E-state index in [-0.39, 0.29) is 0 Å². The molecule has 0 radical (unpaired) electrons. The van der Waals surface area contributed by atoms with Crippen molar-refractivity contribution in [3.63, 3.8) is 0 Å². The van der Waals surface area contributed by atoms with Gasteiger partial charge in [-0.15, -0.1) is 0 Å². The molecule has 0 N–H and O–H groups in total. The van der Waals surface area contributed by atoms with E-state index in [0.29, 0.717) is 40.7 Å². The van der Waals surface area contributed by atoms with Crippen LogP contribution in [0.5, 0.6) is 23.0 Å². The minimum absolute atomic E-state index is 0.590. The smallest absolute Gasteiger partial charge is 0.164 e. The number of ether oxygens (including phenoxy) is 2. The molecule has 10 aromatic carbocycles. The van der Waals surface area contributed by atoms with Gasteiger partial charge >= 0.3 is 0 Å². The summed E-state index contributed by atoms with van der Waals surface area (Å²) in [5.74, 6) is 6.57. The van der Waals surface area contributed by atoms with Crippen LogP contribution in [0, 0.1) is 0 Å². The lowest BCUT2D eigenvalue weighted by molar-refractivity contribution is 0.475. The van der Waals surface area contributed by atoms with E-state index in [9.17, 15) is 0 Å². The SMILES string of the molecule is c1ccc(-c2nc(-c3ccccc3)nc(-c3ccc(N4c5ccccc5Oc5cc(-c6cccc7c6Oc6ccccc6N7c6ccc(-c7nc(-c8ccccc8)nc(-c8ccccc8)n7)cc6)ccc54)cc3)n2)cc1. The lowest BCUT2D eigenvalue weighted by Gasteiger charge is -2.34. The van der Waals surface area contributed by atoms with Crippen LogP contribution in [0.1, 0.15) is 0 Å². The van der Waals surface area contributed by atoms with Crippen molar-refractivity contribution >= 4 is 34.1 Å². The first-order valence-electron chi connectivity index (χ1n) is 25.0. The van der Waals surface area contributed by atoms with Gasteiger partial charge in [-0.25, -0.2) is 29.9 Å². The molecule has 4 heterocycles. The molecule has 2 aliphatic rings. The third kappa shape index (κ3) is 8.12. The molecule has 0 amide bonds. The second kappa shape index (κ2) is 18.8. The number of benzene rings is 10. The van der Waals surface area contributed by atoms with E-state index in [4.69, 9.17) is 39.4 Å². The number of para-hydroxylation sites is 5. The van der Waals surface area contributed by atoms with Crippen LogP contribution in [0.4, 0.5) is 34.1 Å². The summed E-state index contributed by atoms with van der Waals surface area (Å²) in [5.41, 5.74) is 12.8. The highest BCUT2D eigenvalue weighted by Gasteiger charge is 2.31. The summed E-state index contributed by atoms with van der Waals surface area (Å²) in [6.07, 6.45) is 0. The van der Waals surface area contributed by atoms with Crippen LogP contribution in [0.2, 0.25) is 0 Å². The largest absolute Gasteiger partial charge is 0.453 e. The summed E-state index contributed by atoms with van der Waals surface area (Å²) >= 11 is 0. The van der Waals surface area contributed by atoms with Crippen LogP contribution in [0.25, 0.3) is 79.5 Å². The molecule has 0 spiro atoms. The number of rotatable bonds is 9. The summed E-state index contributed by atoms with van der Waals surface area (Å²) in [6, 6.07) is 85.7. The molecule has 10 nitrogen and oxygen atoms in total. The van der Waals surface area contributed by atoms with Gasteiger partial charge in [0.1, 0.15) is 0 Å². The Morgan fingerprint density at radius 3 is 1.00 bits per heavy atom. The molecule has 12 aromatic rings. The van der Waals surface area contributed by atoms with Crippen molar-refractivity contribution in [3.05, 3.63) is 255 Å². The highest BCUT2D eigenvalue weighted by molar-refractivity contribution is 5.94. The monoisotopic (exact) mass is 978 g/mol. The van der Waals surface area contributed by atoms with Crippen LogP contribution in [-0.2, 0) is 0 Å². The molecule has 0 saturated carbocycles. The van der Waals surface area contributed by atoms with Gasteiger partial charge in [-0.3, -0.25) is 0 Å². The Hall–Kier alpha value is -10.6. The van der Waals surface area contributed by atoms with Crippen LogP contribution in [0.15, 0.2) is 255 Å². The Balaban J connectivity index is 0.810. The standard InChI is InChI=1S/C66H42N8O2/c1-5-18-43(19-6-1)61-67-62(44-20-7-2-8-21-44)70-65(69-61)47-32-37-50(38-33-47)73-53-27-13-15-30-57(53)75-59-42-49(36-41-55(59)73)52-26-17-29-56-60(52)76-58-31-16-14-28-54(58)74(56)51-39-34-48(35-40-51)66-71-63(45-22-9-3-10-23-45)68-64(72-66)46-24-11-4-12-25-46/h1-42H. The lowest BCUT2D eigenvalue weighted by Crippen LogP contribution is -2.16. The number of hydrogen-bond acceptors (Lipinski definition) is 10. The zero-order valence-electron chi connectivity index (χ0n) is 40.6. The normalized spacial score (nSPS) is 12.1. The number of hydrogen-bond donors (Lipinski definition) is 0. The fraction of sp³-hybridized carbons (Fsp3) is 0. The Kier molecular flexibility index (Phi) is 10.9. The number of fused-ring (bicyclic) bond motifs is 4. The minimum atomic E-state index is 0.590. The van der Waals surface area contributed by atoms with Crippen molar-refractivity contribution in [2.45, 2.75) is 0 Å². The zero-order chi connectivity index (χ0) is 50.4. The van der Waals surface area contributed by atoms with Crippen LogP contribution >= 0.6 is 0 Å². The van der Waals surface area contributed by atoms with Crippen molar-refractivity contribution in [2.75, 3.05) is 9.80 Å². The highest BCUT2D eigenvalue weighted by atomic mass is 16.5. The summed E-state index contributed by atoms with van der Waals surface area (Å²) in [6.45, 7) is 0. The predicted molar refractivity (Wildman–Crippen MR) is 301 cm³/mol. The van der Waals surface area contributed by atoms with Gasteiger partial charge in [0.05, 0.1) is 22.7 Å². The van der Waals surface area contributed by atoms with Gasteiger partial charge in [-0.2, -0.15) is 0 Å². The summed E-state index contributed by atoms with van der Waals surface area (Å²) in [5, 5.41) is 0. The fourth-order valence-electron chi connectivity index (χ4n) is 9.88. The second-order valence-electron chi connectivity index (χ2n) is 18.3. The van der Waals surface area contributed by atoms with Crippen LogP contribution in [-0.4, -0.2) is 29.9 Å². The van der Waals surface area contributed by atoms with Crippen molar-refractivity contribution in [2.24, 2.45) is 0 Å². The van der Waals surface area contributed by atoms with E-state index in [1.165, 1.54) is 0 Å². The summed E-state index contributed by atoms with van der Waals surface area (Å²) in [7, 11) is 0. The topological polar surface area (TPSA) is 102 Å². The Morgan fingerprint density at radius 1 is 0.237 bits per heavy atom. The van der Waals surface area contributed by atoms with Gasteiger partial charge in [-0.05, 0) is 96.6 Å². The minimum Gasteiger partial charge on any atom is -0.453 e. The fourth-order valence-corrected chi connectivity index (χ4v) is 9.88. The molecule has 2 aliphatic heterocycles. The molecule has 0 atom stereocenters. The third-order valence-corrected chi connectivity index (χ3v) is 13.6. The maximum atomic E-state index is 6.89. The molecular formula is C66H42N8O2. The molecule has 0 fully saturated rings. The molecular weight excluding hydrogens is 937 g/mol. The maximum Gasteiger partial charge on any atom is 0.164 e. The third-order valence-electron chi connectivity index (χ3n) is 13.6. The van der Waals surface area contributed by atoms with Gasteiger partial charge in [0.15, 0.2) is 57.9 Å². The zero-order valence-corrected chi connectivity index (χ0v) is 40.6. The van der Waals surface area contributed by atoms with Gasteiger partial charge in [0.2, 0.25) is 0 Å². The van der Waals surface area contributed by atoms with Gasteiger partial charge in [0.25, 0.3) is 0 Å². The molecule has 2 aromatic heterocycles. The predicted octanol–water partition coefficient (Wildman–Crippen LogP) is 16.9. The van der Waals surface area contributed by atoms with Gasteiger partial charge in [0, 0.05) is 50.3 Å². The van der Waals surface area contributed by atoms with E-state index < -0.39 is 0 Å². The van der Waals surface area contributed by atoms with Crippen molar-refractivity contribution < 1.29 is 9.47 Å². The van der Waals surface area contributed by atoms with Crippen molar-refractivity contribution in [1.29, 1.82) is 0 Å². The average Bonchev–Trinajstić information content (AvgIpc) is 3.57. The van der Waals surface area contributed by atoms with E-state index in [2.05, 4.69) is 107 Å². The number of nitrogens with zero attached hydrogens (tertiary/aromatic N) is 8. The summed E-state index contributed by atoms with van der Waals surface area (Å²) in [4.78, 5) is 34.2. The second-order valence-corrected chi connectivity index (χ2v) is 18.3. The Labute approximate surface area is 438 Å². The van der Waals surface area contributed by atoms with E-state index in [1.54, 1.807) is 0 Å². The molecule has 10 heteroatoms. The quantitative estimate of drug-likeness (QED) is 0.139. The Morgan fingerprint density at radius 2 is 0.566 bits per heavy atom. The van der Waals surface area contributed by atoms with Crippen molar-refractivity contribution in [1.82, 2.24) is 29.9 Å². The van der Waals surface area contributed by atoms with Gasteiger partial charge in [-0.1, -0.05) is 164 Å². The molecule has 0 saturated heterocycles. The Bertz CT molecular complexity index is 3990. The summed E-state index contributed by atoms with van der Waals surface area (Å²) < 4.78 is 13.7. The molecule has 0 bridgehead atoms. The maximum absolute atomic E-state index is 6.89. The van der Waals surface area contributed by atoms with Crippen LogP contribution < -0.4 is 19.3 Å². The number of anilines is 6. The van der Waals surface area contributed by atoms with Crippen LogP contribution in [0.3, 0.4) is 0 Å². The lowest BCUT2D eigenvalue weighted by atomic mass is 9.99. The number of aromatic nitrogens is 6. The highest BCUT2D eigenvalue weighted by Crippen LogP contribution is 2.56. The first-order chi connectivity index (χ1) is 37.6. The van der Waals surface area contributed by atoms with Gasteiger partial charge < -0.3 is 19.3 Å². The molecule has 358 valence electrons. The first-order valence-corrected chi connectivity index (χ1v) is 25.0. The molecule has 14 rings (SSSR count). The van der Waals surface area contributed by atoms with E-state index in [0.717, 1.165) is 95.9 Å². The van der Waals surface area contributed by atoms with E-state index >= 15 is 0 Å². The van der Waals surface area contributed by atoms with E-state index in [1.807, 2.05) is 158 Å².